The zero-order valence-corrected chi connectivity index (χ0v) is 11.0. The number of nitrogens with zero attached hydrogens (tertiary/aromatic N) is 1. The van der Waals surface area contributed by atoms with E-state index >= 15 is 0 Å². The van der Waals surface area contributed by atoms with Crippen LogP contribution < -0.4 is 5.73 Å². The lowest BCUT2D eigenvalue weighted by Gasteiger charge is -2.56. The van der Waals surface area contributed by atoms with E-state index in [0.717, 1.165) is 12.8 Å². The summed E-state index contributed by atoms with van der Waals surface area (Å²) in [6.07, 6.45) is 2.20. The van der Waals surface area contributed by atoms with Crippen molar-refractivity contribution in [2.45, 2.75) is 70.8 Å². The lowest BCUT2D eigenvalue weighted by molar-refractivity contribution is -0.148. The fourth-order valence-corrected chi connectivity index (χ4v) is 3.46. The molecule has 3 nitrogen and oxygen atoms in total. The standard InChI is InChI=1S/C12H26N2O/c1-9(15-6)14-11(2,3)7-10(13)8-12(14,4)5/h9-10H,7-8,13H2,1-6H3. The van der Waals surface area contributed by atoms with Crippen molar-refractivity contribution in [3.63, 3.8) is 0 Å². The molecular weight excluding hydrogens is 188 g/mol. The topological polar surface area (TPSA) is 38.5 Å². The van der Waals surface area contributed by atoms with Crippen LogP contribution in [0.5, 0.6) is 0 Å². The molecule has 2 N–H and O–H groups in total. The molecular formula is C12H26N2O. The monoisotopic (exact) mass is 214 g/mol. The van der Waals surface area contributed by atoms with Crippen molar-refractivity contribution < 1.29 is 4.74 Å². The number of likely N-dealkylation sites (tertiary alicyclic amines) is 1. The Morgan fingerprint density at radius 3 is 1.93 bits per heavy atom. The van der Waals surface area contributed by atoms with Crippen LogP contribution in [0, 0.1) is 0 Å². The molecule has 0 bridgehead atoms. The molecule has 1 atom stereocenters. The van der Waals surface area contributed by atoms with Gasteiger partial charge in [0.25, 0.3) is 0 Å². The third kappa shape index (κ3) is 2.52. The second kappa shape index (κ2) is 4.04. The summed E-state index contributed by atoms with van der Waals surface area (Å²) in [5.41, 5.74) is 6.34. The Kier molecular flexibility index (Phi) is 3.49. The zero-order valence-electron chi connectivity index (χ0n) is 11.0. The highest BCUT2D eigenvalue weighted by atomic mass is 16.5. The van der Waals surface area contributed by atoms with Gasteiger partial charge in [0.05, 0.1) is 0 Å². The molecule has 1 aliphatic rings. The molecule has 0 aliphatic carbocycles. The van der Waals surface area contributed by atoms with Crippen molar-refractivity contribution in [1.82, 2.24) is 4.90 Å². The van der Waals surface area contributed by atoms with E-state index in [0.29, 0.717) is 6.04 Å². The van der Waals surface area contributed by atoms with Gasteiger partial charge >= 0.3 is 0 Å². The summed E-state index contributed by atoms with van der Waals surface area (Å²) in [7, 11) is 1.77. The van der Waals surface area contributed by atoms with Crippen LogP contribution in [0.25, 0.3) is 0 Å². The van der Waals surface area contributed by atoms with E-state index in [2.05, 4.69) is 39.5 Å². The summed E-state index contributed by atoms with van der Waals surface area (Å²) in [6.45, 7) is 11.1. The number of nitrogens with two attached hydrogens (primary N) is 1. The van der Waals surface area contributed by atoms with Gasteiger partial charge < -0.3 is 10.5 Å². The number of hydrogen-bond donors (Lipinski definition) is 1. The van der Waals surface area contributed by atoms with E-state index in [9.17, 15) is 0 Å². The third-order valence-corrected chi connectivity index (χ3v) is 3.53. The van der Waals surface area contributed by atoms with Crippen molar-refractivity contribution in [3.05, 3.63) is 0 Å². The van der Waals surface area contributed by atoms with Crippen LogP contribution >= 0.6 is 0 Å². The van der Waals surface area contributed by atoms with E-state index in [-0.39, 0.29) is 17.3 Å². The van der Waals surface area contributed by atoms with Gasteiger partial charge in [0.2, 0.25) is 0 Å². The van der Waals surface area contributed by atoms with Crippen LogP contribution in [-0.2, 0) is 4.74 Å². The molecule has 0 spiro atoms. The fourth-order valence-electron chi connectivity index (χ4n) is 3.46. The predicted octanol–water partition coefficient (Wildman–Crippen LogP) is 1.96. The first kappa shape index (κ1) is 12.9. The number of ether oxygens (including phenoxy) is 1. The molecule has 0 aromatic carbocycles. The minimum atomic E-state index is 0.108. The molecule has 0 aromatic rings. The van der Waals surface area contributed by atoms with Crippen LogP contribution in [-0.4, -0.2) is 35.4 Å². The molecule has 0 aromatic heterocycles. The normalized spacial score (nSPS) is 29.0. The van der Waals surface area contributed by atoms with Crippen LogP contribution in [0.1, 0.15) is 47.5 Å². The molecule has 0 radical (unpaired) electrons. The van der Waals surface area contributed by atoms with Crippen molar-refractivity contribution in [1.29, 1.82) is 0 Å². The van der Waals surface area contributed by atoms with Gasteiger partial charge in [-0.2, -0.15) is 0 Å². The molecule has 1 unspecified atom stereocenters. The molecule has 90 valence electrons. The molecule has 1 saturated heterocycles. The average molecular weight is 214 g/mol. The Bertz CT molecular complexity index is 208. The smallest absolute Gasteiger partial charge is 0.108 e. The van der Waals surface area contributed by atoms with Gasteiger partial charge in [-0.3, -0.25) is 4.90 Å². The maximum atomic E-state index is 6.12. The van der Waals surface area contributed by atoms with Crippen molar-refractivity contribution in [3.8, 4) is 0 Å². The first-order chi connectivity index (χ1) is 6.70. The van der Waals surface area contributed by atoms with Gasteiger partial charge in [0.1, 0.15) is 6.23 Å². The lowest BCUT2D eigenvalue weighted by atomic mass is 9.77. The Balaban J connectivity index is 2.97. The second-order valence-electron chi connectivity index (χ2n) is 6.00. The molecule has 0 saturated carbocycles. The van der Waals surface area contributed by atoms with Crippen molar-refractivity contribution in [2.75, 3.05) is 7.11 Å². The van der Waals surface area contributed by atoms with Crippen LogP contribution in [0.3, 0.4) is 0 Å². The first-order valence-corrected chi connectivity index (χ1v) is 5.78. The van der Waals surface area contributed by atoms with E-state index in [1.54, 1.807) is 7.11 Å². The highest BCUT2D eigenvalue weighted by Crippen LogP contribution is 2.39. The number of rotatable bonds is 2. The largest absolute Gasteiger partial charge is 0.367 e. The van der Waals surface area contributed by atoms with E-state index in [1.165, 1.54) is 0 Å². The van der Waals surface area contributed by atoms with E-state index in [4.69, 9.17) is 10.5 Å². The molecule has 1 heterocycles. The molecule has 1 rings (SSSR count). The Morgan fingerprint density at radius 1 is 1.20 bits per heavy atom. The van der Waals surface area contributed by atoms with Gasteiger partial charge in [0.15, 0.2) is 0 Å². The predicted molar refractivity (Wildman–Crippen MR) is 63.7 cm³/mol. The summed E-state index contributed by atoms with van der Waals surface area (Å²) in [5, 5.41) is 0. The highest BCUT2D eigenvalue weighted by Gasteiger charge is 2.46. The molecule has 0 amide bonds. The Hall–Kier alpha value is -0.120. The van der Waals surface area contributed by atoms with Crippen LogP contribution in [0.15, 0.2) is 0 Å². The molecule has 1 aliphatic heterocycles. The van der Waals surface area contributed by atoms with Gasteiger partial charge in [0, 0.05) is 24.2 Å². The van der Waals surface area contributed by atoms with Gasteiger partial charge in [-0.15, -0.1) is 0 Å². The second-order valence-corrected chi connectivity index (χ2v) is 6.00. The van der Waals surface area contributed by atoms with E-state index < -0.39 is 0 Å². The Labute approximate surface area is 94.0 Å². The van der Waals surface area contributed by atoms with Crippen molar-refractivity contribution in [2.24, 2.45) is 5.73 Å². The van der Waals surface area contributed by atoms with Gasteiger partial charge in [-0.05, 0) is 47.5 Å². The molecule has 3 heteroatoms. The van der Waals surface area contributed by atoms with Crippen LogP contribution in [0.2, 0.25) is 0 Å². The summed E-state index contributed by atoms with van der Waals surface area (Å²) in [5.74, 6) is 0. The maximum absolute atomic E-state index is 6.12. The summed E-state index contributed by atoms with van der Waals surface area (Å²) in [6, 6.07) is 0.301. The SMILES string of the molecule is COC(C)N1C(C)(C)CC(N)CC1(C)C. The minimum absolute atomic E-state index is 0.108. The van der Waals surface area contributed by atoms with Gasteiger partial charge in [-0.1, -0.05) is 0 Å². The quantitative estimate of drug-likeness (QED) is 0.763. The molecule has 15 heavy (non-hydrogen) atoms. The fraction of sp³-hybridized carbons (Fsp3) is 1.00. The van der Waals surface area contributed by atoms with Gasteiger partial charge in [-0.25, -0.2) is 0 Å². The number of piperidine rings is 1. The average Bonchev–Trinajstić information content (AvgIpc) is 1.97. The lowest BCUT2D eigenvalue weighted by Crippen LogP contribution is -2.66. The van der Waals surface area contributed by atoms with Crippen molar-refractivity contribution >= 4 is 0 Å². The number of methoxy groups -OCH3 is 1. The molecule has 1 fully saturated rings. The maximum Gasteiger partial charge on any atom is 0.108 e. The Morgan fingerprint density at radius 2 is 1.60 bits per heavy atom. The minimum Gasteiger partial charge on any atom is -0.367 e. The summed E-state index contributed by atoms with van der Waals surface area (Å²) < 4.78 is 5.48. The van der Waals surface area contributed by atoms with E-state index in [1.807, 2.05) is 0 Å². The zero-order chi connectivity index (χ0) is 11.9. The van der Waals surface area contributed by atoms with Crippen LogP contribution in [0.4, 0.5) is 0 Å². The third-order valence-electron chi connectivity index (χ3n) is 3.53. The summed E-state index contributed by atoms with van der Waals surface area (Å²) in [4.78, 5) is 2.45. The number of hydrogen-bond acceptors (Lipinski definition) is 3. The summed E-state index contributed by atoms with van der Waals surface area (Å²) >= 11 is 0. The first-order valence-electron chi connectivity index (χ1n) is 5.78. The highest BCUT2D eigenvalue weighted by molar-refractivity contribution is 5.01.